The molecule has 2 aromatic carbocycles. The van der Waals surface area contributed by atoms with E-state index in [1.807, 2.05) is 68.4 Å². The number of para-hydroxylation sites is 1. The lowest BCUT2D eigenvalue weighted by Crippen LogP contribution is -2.44. The molecule has 5 nitrogen and oxygen atoms in total. The number of amides is 1. The molecule has 0 fully saturated rings. The molecule has 5 heteroatoms. The Labute approximate surface area is 154 Å². The fraction of sp³-hybridized carbons (Fsp3) is 0.333. The SMILES string of the molecule is CC(C)Oc1ccccc1CC(=O)N(C)C(Cc1ccccc1)C(=O)O. The minimum absolute atomic E-state index is 0.00571. The molecule has 0 saturated heterocycles. The van der Waals surface area contributed by atoms with Crippen LogP contribution in [-0.2, 0) is 22.4 Å². The van der Waals surface area contributed by atoms with E-state index in [1.165, 1.54) is 11.9 Å². The van der Waals surface area contributed by atoms with Crippen LogP contribution in [0.3, 0.4) is 0 Å². The highest BCUT2D eigenvalue weighted by atomic mass is 16.5. The summed E-state index contributed by atoms with van der Waals surface area (Å²) in [6.07, 6.45) is 0.356. The van der Waals surface area contributed by atoms with Crippen molar-refractivity contribution in [2.24, 2.45) is 0 Å². The third kappa shape index (κ3) is 5.34. The summed E-state index contributed by atoms with van der Waals surface area (Å²) >= 11 is 0. The van der Waals surface area contributed by atoms with E-state index in [4.69, 9.17) is 4.74 Å². The van der Waals surface area contributed by atoms with Gasteiger partial charge in [-0.2, -0.15) is 0 Å². The lowest BCUT2D eigenvalue weighted by Gasteiger charge is -2.25. The summed E-state index contributed by atoms with van der Waals surface area (Å²) in [7, 11) is 1.54. The van der Waals surface area contributed by atoms with Crippen LogP contribution in [0.1, 0.15) is 25.0 Å². The van der Waals surface area contributed by atoms with Crippen LogP contribution in [0.4, 0.5) is 0 Å². The van der Waals surface area contributed by atoms with Crippen LogP contribution < -0.4 is 4.74 Å². The number of ether oxygens (including phenoxy) is 1. The third-order valence-corrected chi connectivity index (χ3v) is 4.09. The Morgan fingerprint density at radius 1 is 1.04 bits per heavy atom. The number of carbonyl (C=O) groups excluding carboxylic acids is 1. The van der Waals surface area contributed by atoms with Crippen molar-refractivity contribution in [2.75, 3.05) is 7.05 Å². The number of carboxylic acids is 1. The van der Waals surface area contributed by atoms with Crippen molar-refractivity contribution in [1.29, 1.82) is 0 Å². The molecule has 1 N–H and O–H groups in total. The standard InChI is InChI=1S/C21H25NO4/c1-15(2)26-19-12-8-7-11-17(19)14-20(23)22(3)18(21(24)25)13-16-9-5-4-6-10-16/h4-12,15,18H,13-14H2,1-3H3,(H,24,25). The Morgan fingerprint density at radius 3 is 2.27 bits per heavy atom. The topological polar surface area (TPSA) is 66.8 Å². The molecule has 2 rings (SSSR count). The van der Waals surface area contributed by atoms with E-state index in [0.717, 1.165) is 11.1 Å². The average Bonchev–Trinajstić information content (AvgIpc) is 2.61. The summed E-state index contributed by atoms with van der Waals surface area (Å²) < 4.78 is 5.74. The van der Waals surface area contributed by atoms with Crippen LogP contribution in [-0.4, -0.2) is 41.1 Å². The van der Waals surface area contributed by atoms with Crippen LogP contribution in [0.2, 0.25) is 0 Å². The molecular weight excluding hydrogens is 330 g/mol. The Kier molecular flexibility index (Phi) is 6.78. The first-order chi connectivity index (χ1) is 12.4. The van der Waals surface area contributed by atoms with Gasteiger partial charge in [-0.05, 0) is 25.5 Å². The molecule has 1 atom stereocenters. The summed E-state index contributed by atoms with van der Waals surface area (Å²) in [6.45, 7) is 3.84. The molecule has 0 bridgehead atoms. The summed E-state index contributed by atoms with van der Waals surface area (Å²) in [6, 6.07) is 15.7. The van der Waals surface area contributed by atoms with Crippen molar-refractivity contribution in [2.45, 2.75) is 38.8 Å². The largest absolute Gasteiger partial charge is 0.491 e. The monoisotopic (exact) mass is 355 g/mol. The van der Waals surface area contributed by atoms with Gasteiger partial charge in [-0.15, -0.1) is 0 Å². The van der Waals surface area contributed by atoms with Gasteiger partial charge in [-0.25, -0.2) is 4.79 Å². The molecule has 0 aliphatic rings. The average molecular weight is 355 g/mol. The van der Waals surface area contributed by atoms with Gasteiger partial charge in [0.05, 0.1) is 12.5 Å². The van der Waals surface area contributed by atoms with E-state index in [9.17, 15) is 14.7 Å². The first-order valence-corrected chi connectivity index (χ1v) is 8.65. The van der Waals surface area contributed by atoms with Crippen molar-refractivity contribution in [3.63, 3.8) is 0 Å². The van der Waals surface area contributed by atoms with Gasteiger partial charge in [0.2, 0.25) is 5.91 Å². The lowest BCUT2D eigenvalue weighted by molar-refractivity contribution is -0.148. The fourth-order valence-corrected chi connectivity index (χ4v) is 2.71. The molecule has 0 heterocycles. The molecule has 0 saturated carbocycles. The molecular formula is C21H25NO4. The molecule has 1 unspecified atom stereocenters. The van der Waals surface area contributed by atoms with Crippen molar-refractivity contribution in [1.82, 2.24) is 4.90 Å². The van der Waals surface area contributed by atoms with Gasteiger partial charge < -0.3 is 14.7 Å². The second kappa shape index (κ2) is 9.04. The van der Waals surface area contributed by atoms with Crippen LogP contribution in [0, 0.1) is 0 Å². The predicted molar refractivity (Wildman–Crippen MR) is 100 cm³/mol. The van der Waals surface area contributed by atoms with Crippen molar-refractivity contribution in [3.05, 3.63) is 65.7 Å². The number of carbonyl (C=O) groups is 2. The zero-order valence-corrected chi connectivity index (χ0v) is 15.4. The zero-order valence-electron chi connectivity index (χ0n) is 15.4. The fourth-order valence-electron chi connectivity index (χ4n) is 2.71. The number of carboxylic acid groups (broad SMARTS) is 1. The quantitative estimate of drug-likeness (QED) is 0.790. The van der Waals surface area contributed by atoms with Crippen LogP contribution in [0.15, 0.2) is 54.6 Å². The number of hydrogen-bond acceptors (Lipinski definition) is 3. The number of hydrogen-bond donors (Lipinski definition) is 1. The van der Waals surface area contributed by atoms with Crippen LogP contribution in [0.25, 0.3) is 0 Å². The molecule has 0 spiro atoms. The number of rotatable bonds is 8. The maximum absolute atomic E-state index is 12.7. The molecule has 1 amide bonds. The summed E-state index contributed by atoms with van der Waals surface area (Å²) in [5.74, 6) is -0.622. The van der Waals surface area contributed by atoms with Gasteiger partial charge in [0.1, 0.15) is 11.8 Å². The molecule has 0 aromatic heterocycles. The molecule has 0 aliphatic carbocycles. The Hall–Kier alpha value is -2.82. The Morgan fingerprint density at radius 2 is 1.65 bits per heavy atom. The zero-order chi connectivity index (χ0) is 19.1. The highest BCUT2D eigenvalue weighted by Crippen LogP contribution is 2.21. The Balaban J connectivity index is 2.13. The number of benzene rings is 2. The van der Waals surface area contributed by atoms with E-state index in [1.54, 1.807) is 0 Å². The summed E-state index contributed by atoms with van der Waals surface area (Å²) in [5.41, 5.74) is 1.63. The summed E-state index contributed by atoms with van der Waals surface area (Å²) in [5, 5.41) is 9.57. The highest BCUT2D eigenvalue weighted by molar-refractivity contribution is 5.85. The minimum Gasteiger partial charge on any atom is -0.491 e. The second-order valence-electron chi connectivity index (χ2n) is 6.50. The minimum atomic E-state index is -1.02. The highest BCUT2D eigenvalue weighted by Gasteiger charge is 2.27. The van der Waals surface area contributed by atoms with Gasteiger partial charge in [-0.3, -0.25) is 4.79 Å². The smallest absolute Gasteiger partial charge is 0.326 e. The maximum atomic E-state index is 12.7. The van der Waals surface area contributed by atoms with Crippen LogP contribution >= 0.6 is 0 Å². The van der Waals surface area contributed by atoms with E-state index in [2.05, 4.69) is 0 Å². The van der Waals surface area contributed by atoms with Gasteiger partial charge in [-0.1, -0.05) is 48.5 Å². The van der Waals surface area contributed by atoms with E-state index in [0.29, 0.717) is 5.75 Å². The maximum Gasteiger partial charge on any atom is 0.326 e. The van der Waals surface area contributed by atoms with Gasteiger partial charge in [0.15, 0.2) is 0 Å². The van der Waals surface area contributed by atoms with Gasteiger partial charge in [0, 0.05) is 19.0 Å². The lowest BCUT2D eigenvalue weighted by atomic mass is 10.0. The molecule has 2 aromatic rings. The van der Waals surface area contributed by atoms with E-state index in [-0.39, 0.29) is 24.9 Å². The molecule has 138 valence electrons. The first kappa shape index (κ1) is 19.5. The van der Waals surface area contributed by atoms with Gasteiger partial charge in [0.25, 0.3) is 0 Å². The van der Waals surface area contributed by atoms with Gasteiger partial charge >= 0.3 is 5.97 Å². The second-order valence-corrected chi connectivity index (χ2v) is 6.50. The molecule has 26 heavy (non-hydrogen) atoms. The van der Waals surface area contributed by atoms with E-state index < -0.39 is 12.0 Å². The Bertz CT molecular complexity index is 743. The van der Waals surface area contributed by atoms with Crippen molar-refractivity contribution in [3.8, 4) is 5.75 Å². The number of aliphatic carboxylic acids is 1. The summed E-state index contributed by atoms with van der Waals surface area (Å²) in [4.78, 5) is 25.7. The number of likely N-dealkylation sites (N-methyl/N-ethyl adjacent to an activating group) is 1. The van der Waals surface area contributed by atoms with E-state index >= 15 is 0 Å². The third-order valence-electron chi connectivity index (χ3n) is 4.09. The normalized spacial score (nSPS) is 11.8. The predicted octanol–water partition coefficient (Wildman–Crippen LogP) is 3.17. The molecule has 0 aliphatic heterocycles. The molecule has 0 radical (unpaired) electrons. The number of nitrogens with zero attached hydrogens (tertiary/aromatic N) is 1. The van der Waals surface area contributed by atoms with Crippen LogP contribution in [0.5, 0.6) is 5.75 Å². The van der Waals surface area contributed by atoms with Crippen molar-refractivity contribution < 1.29 is 19.4 Å². The first-order valence-electron chi connectivity index (χ1n) is 8.65. The van der Waals surface area contributed by atoms with Crippen molar-refractivity contribution >= 4 is 11.9 Å².